The van der Waals surface area contributed by atoms with E-state index in [2.05, 4.69) is 44.7 Å². The maximum atomic E-state index is 13.1. The zero-order valence-corrected chi connectivity index (χ0v) is 30.8. The van der Waals surface area contributed by atoms with E-state index in [0.717, 1.165) is 87.2 Å². The van der Waals surface area contributed by atoms with Crippen LogP contribution in [0, 0.1) is 0 Å². The molecule has 0 atom stereocenters. The van der Waals surface area contributed by atoms with Crippen molar-refractivity contribution in [3.8, 4) is 0 Å². The molecule has 2 fully saturated rings. The standard InChI is InChI=1S/C46H50N4O4/c51-45(47-43(37-16-5-1-6-17-37)38-18-7-2-8-19-38)53-41-24-28-49(29-25-41)33-35-14-13-15-36(32-35)34-50-30-26-42(27-31-50)54-46(52)48-44(39-20-9-3-10-21-39)40-22-11-4-12-23-40/h1-23,32,41-44H,24-31,33-34H2,(H,47,51)(H,48,52). The molecule has 2 aliphatic heterocycles. The van der Waals surface area contributed by atoms with Crippen LogP contribution >= 0.6 is 0 Å². The summed E-state index contributed by atoms with van der Waals surface area (Å²) in [5.41, 5.74) is 6.67. The molecule has 0 unspecified atom stereocenters. The second-order valence-electron chi connectivity index (χ2n) is 14.4. The van der Waals surface area contributed by atoms with Gasteiger partial charge in [-0.25, -0.2) is 9.59 Å². The second kappa shape index (κ2) is 18.5. The molecule has 2 aliphatic rings. The number of hydrogen-bond acceptors (Lipinski definition) is 6. The Morgan fingerprint density at radius 1 is 0.481 bits per heavy atom. The van der Waals surface area contributed by atoms with Crippen LogP contribution in [0.5, 0.6) is 0 Å². The number of nitrogens with zero attached hydrogens (tertiary/aromatic N) is 2. The topological polar surface area (TPSA) is 83.1 Å². The van der Waals surface area contributed by atoms with Crippen LogP contribution in [0.3, 0.4) is 0 Å². The highest BCUT2D eigenvalue weighted by Crippen LogP contribution is 2.25. The molecule has 2 N–H and O–H groups in total. The van der Waals surface area contributed by atoms with Crippen LogP contribution in [0.1, 0.15) is 71.1 Å². The molecule has 8 heteroatoms. The highest BCUT2D eigenvalue weighted by Gasteiger charge is 2.26. The molecule has 0 aliphatic carbocycles. The van der Waals surface area contributed by atoms with Crippen LogP contribution < -0.4 is 10.6 Å². The molecule has 0 bridgehead atoms. The van der Waals surface area contributed by atoms with Gasteiger partial charge in [-0.1, -0.05) is 146 Å². The lowest BCUT2D eigenvalue weighted by Gasteiger charge is -2.33. The van der Waals surface area contributed by atoms with Gasteiger partial charge in [-0.15, -0.1) is 0 Å². The van der Waals surface area contributed by atoms with E-state index in [1.807, 2.05) is 121 Å². The van der Waals surface area contributed by atoms with Crippen molar-refractivity contribution >= 4 is 12.2 Å². The van der Waals surface area contributed by atoms with E-state index in [0.29, 0.717) is 0 Å². The lowest BCUT2D eigenvalue weighted by atomic mass is 9.99. The van der Waals surface area contributed by atoms with E-state index < -0.39 is 0 Å². The SMILES string of the molecule is O=C(NC(c1ccccc1)c1ccccc1)OC1CCN(Cc2cccc(CN3CCC(OC(=O)NC(c4ccccc4)c4ccccc4)CC3)c2)CC1. The Hall–Kier alpha value is -5.44. The number of hydrogen-bond donors (Lipinski definition) is 2. The van der Waals surface area contributed by atoms with Gasteiger partial charge in [0.2, 0.25) is 0 Å². The fourth-order valence-corrected chi connectivity index (χ4v) is 7.62. The number of likely N-dealkylation sites (tertiary alicyclic amines) is 2. The normalized spacial score (nSPS) is 15.9. The lowest BCUT2D eigenvalue weighted by Crippen LogP contribution is -2.40. The summed E-state index contributed by atoms with van der Waals surface area (Å²) in [5.74, 6) is 0. The summed E-state index contributed by atoms with van der Waals surface area (Å²) in [4.78, 5) is 31.0. The van der Waals surface area contributed by atoms with E-state index in [1.165, 1.54) is 11.1 Å². The Morgan fingerprint density at radius 2 is 0.796 bits per heavy atom. The van der Waals surface area contributed by atoms with Crippen LogP contribution in [0.2, 0.25) is 0 Å². The Morgan fingerprint density at radius 3 is 1.11 bits per heavy atom. The maximum absolute atomic E-state index is 13.1. The number of carbonyl (C=O) groups excluding carboxylic acids is 2. The molecule has 278 valence electrons. The summed E-state index contributed by atoms with van der Waals surface area (Å²) in [7, 11) is 0. The highest BCUT2D eigenvalue weighted by atomic mass is 16.6. The largest absolute Gasteiger partial charge is 0.446 e. The summed E-state index contributed by atoms with van der Waals surface area (Å²) in [6.07, 6.45) is 2.27. The summed E-state index contributed by atoms with van der Waals surface area (Å²) < 4.78 is 11.9. The third-order valence-corrected chi connectivity index (χ3v) is 10.5. The fourth-order valence-electron chi connectivity index (χ4n) is 7.62. The van der Waals surface area contributed by atoms with Gasteiger partial charge in [0.15, 0.2) is 0 Å². The van der Waals surface area contributed by atoms with Crippen molar-refractivity contribution in [1.29, 1.82) is 0 Å². The van der Waals surface area contributed by atoms with E-state index in [9.17, 15) is 9.59 Å². The smallest absolute Gasteiger partial charge is 0.408 e. The first-order valence-corrected chi connectivity index (χ1v) is 19.2. The molecule has 7 rings (SSSR count). The molecule has 2 saturated heterocycles. The molecule has 0 aromatic heterocycles. The number of rotatable bonds is 12. The summed E-state index contributed by atoms with van der Waals surface area (Å²) >= 11 is 0. The minimum atomic E-state index is -0.377. The molecule has 0 saturated carbocycles. The van der Waals surface area contributed by atoms with Gasteiger partial charge in [0.25, 0.3) is 0 Å². The average molecular weight is 723 g/mol. The average Bonchev–Trinajstić information content (AvgIpc) is 3.22. The number of ether oxygens (including phenoxy) is 2. The van der Waals surface area contributed by atoms with Gasteiger partial charge in [0, 0.05) is 39.3 Å². The molecule has 0 spiro atoms. The Balaban J connectivity index is 0.837. The third kappa shape index (κ3) is 10.4. The molecule has 0 radical (unpaired) electrons. The van der Waals surface area contributed by atoms with Gasteiger partial charge in [-0.3, -0.25) is 9.80 Å². The zero-order valence-electron chi connectivity index (χ0n) is 30.8. The number of alkyl carbamates (subject to hydrolysis) is 2. The van der Waals surface area contributed by atoms with Crippen molar-refractivity contribution < 1.29 is 19.1 Å². The first-order valence-electron chi connectivity index (χ1n) is 19.2. The fraction of sp³-hybridized carbons (Fsp3) is 0.304. The van der Waals surface area contributed by atoms with Gasteiger partial charge in [0.1, 0.15) is 12.2 Å². The van der Waals surface area contributed by atoms with Gasteiger partial charge in [0.05, 0.1) is 12.1 Å². The number of carbonyl (C=O) groups is 2. The molecule has 8 nitrogen and oxygen atoms in total. The molecular weight excluding hydrogens is 673 g/mol. The van der Waals surface area contributed by atoms with Gasteiger partial charge in [-0.05, 0) is 59.1 Å². The van der Waals surface area contributed by atoms with Crippen molar-refractivity contribution in [3.63, 3.8) is 0 Å². The first-order chi connectivity index (χ1) is 26.6. The Bertz CT molecular complexity index is 1680. The monoisotopic (exact) mass is 722 g/mol. The van der Waals surface area contributed by atoms with Crippen LogP contribution in [0.15, 0.2) is 146 Å². The van der Waals surface area contributed by atoms with Crippen LogP contribution in [0.25, 0.3) is 0 Å². The number of nitrogens with one attached hydrogen (secondary N) is 2. The Kier molecular flexibility index (Phi) is 12.7. The molecule has 54 heavy (non-hydrogen) atoms. The molecule has 2 heterocycles. The minimum absolute atomic E-state index is 0.105. The van der Waals surface area contributed by atoms with Crippen LogP contribution in [0.4, 0.5) is 9.59 Å². The first kappa shape index (κ1) is 36.9. The molecular formula is C46H50N4O4. The van der Waals surface area contributed by atoms with Gasteiger partial charge < -0.3 is 20.1 Å². The Labute approximate surface area is 319 Å². The third-order valence-electron chi connectivity index (χ3n) is 10.5. The summed E-state index contributed by atoms with van der Waals surface area (Å²) in [6.45, 7) is 5.25. The second-order valence-corrected chi connectivity index (χ2v) is 14.4. The molecule has 2 amide bonds. The molecule has 5 aromatic carbocycles. The van der Waals surface area contributed by atoms with E-state index in [4.69, 9.17) is 9.47 Å². The zero-order chi connectivity index (χ0) is 37.0. The minimum Gasteiger partial charge on any atom is -0.446 e. The summed E-state index contributed by atoms with van der Waals surface area (Å²) in [6, 6.07) is 48.4. The van der Waals surface area contributed by atoms with Crippen molar-refractivity contribution in [2.75, 3.05) is 26.2 Å². The molecule has 5 aromatic rings. The summed E-state index contributed by atoms with van der Waals surface area (Å²) in [5, 5.41) is 6.22. The van der Waals surface area contributed by atoms with Crippen LogP contribution in [-0.2, 0) is 22.6 Å². The number of benzene rings is 5. The quantitative estimate of drug-likeness (QED) is 0.134. The van der Waals surface area contributed by atoms with Crippen molar-refractivity contribution in [1.82, 2.24) is 20.4 Å². The predicted octanol–water partition coefficient (Wildman–Crippen LogP) is 8.65. The number of amides is 2. The number of piperidine rings is 2. The highest BCUT2D eigenvalue weighted by molar-refractivity contribution is 5.69. The van der Waals surface area contributed by atoms with Crippen molar-refractivity contribution in [3.05, 3.63) is 179 Å². The van der Waals surface area contributed by atoms with Gasteiger partial charge in [-0.2, -0.15) is 0 Å². The maximum Gasteiger partial charge on any atom is 0.408 e. The van der Waals surface area contributed by atoms with E-state index in [-0.39, 0.29) is 36.5 Å². The predicted molar refractivity (Wildman–Crippen MR) is 212 cm³/mol. The van der Waals surface area contributed by atoms with Crippen molar-refractivity contribution in [2.24, 2.45) is 0 Å². The van der Waals surface area contributed by atoms with Crippen LogP contribution in [-0.4, -0.2) is 60.4 Å². The van der Waals surface area contributed by atoms with Crippen molar-refractivity contribution in [2.45, 2.75) is 63.1 Å². The van der Waals surface area contributed by atoms with E-state index >= 15 is 0 Å². The van der Waals surface area contributed by atoms with Gasteiger partial charge >= 0.3 is 12.2 Å². The lowest BCUT2D eigenvalue weighted by molar-refractivity contribution is 0.0476. The van der Waals surface area contributed by atoms with E-state index in [1.54, 1.807) is 0 Å².